The van der Waals surface area contributed by atoms with Crippen LogP contribution in [0.1, 0.15) is 25.8 Å². The van der Waals surface area contributed by atoms with Crippen LogP contribution in [-0.2, 0) is 19.1 Å². The molecule has 0 spiro atoms. The first-order chi connectivity index (χ1) is 15.4. The lowest BCUT2D eigenvalue weighted by atomic mass is 10.0. The Hall–Kier alpha value is -3.65. The van der Waals surface area contributed by atoms with Gasteiger partial charge >= 0.3 is 0 Å². The Bertz CT molecular complexity index is 1030. The Labute approximate surface area is 187 Å². The Balaban J connectivity index is 1.94. The topological polar surface area (TPSA) is 97.0 Å². The molecule has 2 N–H and O–H groups in total. The lowest BCUT2D eigenvalue weighted by molar-refractivity contribution is -0.137. The van der Waals surface area contributed by atoms with Crippen LogP contribution in [0.4, 0.5) is 11.4 Å². The second-order valence-corrected chi connectivity index (χ2v) is 7.18. The molecule has 0 unspecified atom stereocenters. The highest BCUT2D eigenvalue weighted by atomic mass is 16.5. The van der Waals surface area contributed by atoms with Gasteiger partial charge in [0, 0.05) is 44.1 Å². The largest absolute Gasteiger partial charge is 0.497 e. The number of anilines is 2. The van der Waals surface area contributed by atoms with Crippen LogP contribution in [0.25, 0.3) is 5.57 Å². The fourth-order valence-electron chi connectivity index (χ4n) is 3.40. The average Bonchev–Trinajstić information content (AvgIpc) is 3.01. The van der Waals surface area contributed by atoms with E-state index in [4.69, 9.17) is 9.47 Å². The summed E-state index contributed by atoms with van der Waals surface area (Å²) in [7, 11) is 1.56. The Morgan fingerprint density at radius 2 is 1.78 bits per heavy atom. The third-order valence-electron chi connectivity index (χ3n) is 4.88. The lowest BCUT2D eigenvalue weighted by Gasteiger charge is -2.15. The zero-order chi connectivity index (χ0) is 23.1. The van der Waals surface area contributed by atoms with Crippen LogP contribution < -0.4 is 15.4 Å². The summed E-state index contributed by atoms with van der Waals surface area (Å²) in [5.74, 6) is -0.327. The second-order valence-electron chi connectivity index (χ2n) is 7.18. The molecule has 3 rings (SSSR count). The molecule has 8 nitrogen and oxygen atoms in total. The van der Waals surface area contributed by atoms with Gasteiger partial charge in [0.2, 0.25) is 5.91 Å². The van der Waals surface area contributed by atoms with Gasteiger partial charge in [0.25, 0.3) is 11.8 Å². The Kier molecular flexibility index (Phi) is 7.62. The van der Waals surface area contributed by atoms with Crippen LogP contribution in [-0.4, -0.2) is 49.5 Å². The summed E-state index contributed by atoms with van der Waals surface area (Å²) in [5, 5.41) is 5.80. The van der Waals surface area contributed by atoms with Gasteiger partial charge in [0.05, 0.1) is 12.7 Å². The molecule has 1 aliphatic heterocycles. The molecule has 0 atom stereocenters. The van der Waals surface area contributed by atoms with Crippen LogP contribution in [0.3, 0.4) is 0 Å². The van der Waals surface area contributed by atoms with E-state index in [-0.39, 0.29) is 29.6 Å². The molecule has 168 valence electrons. The van der Waals surface area contributed by atoms with Crippen molar-refractivity contribution in [1.82, 2.24) is 4.90 Å². The summed E-state index contributed by atoms with van der Waals surface area (Å²) < 4.78 is 10.6. The van der Waals surface area contributed by atoms with Gasteiger partial charge in [-0.3, -0.25) is 19.3 Å². The molecule has 3 amide bonds. The van der Waals surface area contributed by atoms with Gasteiger partial charge < -0.3 is 20.1 Å². The molecule has 0 radical (unpaired) electrons. The summed E-state index contributed by atoms with van der Waals surface area (Å²) in [4.78, 5) is 39.0. The molecule has 1 heterocycles. The standard InChI is InChI=1S/C24H27N3O5/c1-4-32-14-6-13-27-23(29)21(17-9-11-18(12-10-17)25-16(2)28)22(24(27)30)26-19-7-5-8-20(15-19)31-3/h5,7-12,15,26H,4,6,13-14H2,1-3H3,(H,25,28). The number of hydrogen-bond donors (Lipinski definition) is 2. The fourth-order valence-corrected chi connectivity index (χ4v) is 3.40. The molecule has 1 aliphatic rings. The fraction of sp³-hybridized carbons (Fsp3) is 0.292. The van der Waals surface area contributed by atoms with Crippen molar-refractivity contribution in [3.05, 3.63) is 59.8 Å². The van der Waals surface area contributed by atoms with Crippen molar-refractivity contribution in [2.75, 3.05) is 37.5 Å². The molecule has 2 aromatic carbocycles. The maximum atomic E-state index is 13.2. The first-order valence-electron chi connectivity index (χ1n) is 10.4. The van der Waals surface area contributed by atoms with Crippen molar-refractivity contribution in [1.29, 1.82) is 0 Å². The van der Waals surface area contributed by atoms with Crippen molar-refractivity contribution in [3.63, 3.8) is 0 Å². The van der Waals surface area contributed by atoms with E-state index in [1.807, 2.05) is 6.92 Å². The van der Waals surface area contributed by atoms with Crippen LogP contribution in [0.2, 0.25) is 0 Å². The first-order valence-corrected chi connectivity index (χ1v) is 10.4. The predicted octanol–water partition coefficient (Wildman–Crippen LogP) is 3.27. The highest BCUT2D eigenvalue weighted by Gasteiger charge is 2.38. The van der Waals surface area contributed by atoms with Gasteiger partial charge in [0.15, 0.2) is 0 Å². The van der Waals surface area contributed by atoms with E-state index in [2.05, 4.69) is 10.6 Å². The van der Waals surface area contributed by atoms with E-state index in [0.29, 0.717) is 42.3 Å². The number of hydrogen-bond acceptors (Lipinski definition) is 6. The number of carbonyl (C=O) groups is 3. The third-order valence-corrected chi connectivity index (χ3v) is 4.88. The normalized spacial score (nSPS) is 13.5. The van der Waals surface area contributed by atoms with Crippen LogP contribution in [0.5, 0.6) is 5.75 Å². The summed E-state index contributed by atoms with van der Waals surface area (Å²) in [5.41, 5.74) is 2.30. The number of nitrogens with one attached hydrogen (secondary N) is 2. The van der Waals surface area contributed by atoms with Crippen LogP contribution >= 0.6 is 0 Å². The molecule has 0 fully saturated rings. The molecular formula is C24H27N3O5. The Morgan fingerprint density at radius 3 is 2.44 bits per heavy atom. The minimum absolute atomic E-state index is 0.190. The number of nitrogens with zero attached hydrogens (tertiary/aromatic N) is 1. The van der Waals surface area contributed by atoms with Crippen molar-refractivity contribution >= 4 is 34.7 Å². The van der Waals surface area contributed by atoms with E-state index >= 15 is 0 Å². The molecule has 2 aromatic rings. The summed E-state index contributed by atoms with van der Waals surface area (Å²) in [6, 6.07) is 14.0. The molecule has 0 aromatic heterocycles. The zero-order valence-electron chi connectivity index (χ0n) is 18.4. The molecule has 0 aliphatic carbocycles. The molecular weight excluding hydrogens is 410 g/mol. The Morgan fingerprint density at radius 1 is 1.03 bits per heavy atom. The van der Waals surface area contributed by atoms with Crippen molar-refractivity contribution in [3.8, 4) is 5.75 Å². The van der Waals surface area contributed by atoms with E-state index in [1.165, 1.54) is 11.8 Å². The van der Waals surface area contributed by atoms with Crippen LogP contribution in [0.15, 0.2) is 54.2 Å². The van der Waals surface area contributed by atoms with E-state index in [9.17, 15) is 14.4 Å². The number of amides is 3. The first kappa shape index (κ1) is 23.0. The smallest absolute Gasteiger partial charge is 0.278 e. The van der Waals surface area contributed by atoms with Gasteiger partial charge in [-0.15, -0.1) is 0 Å². The highest BCUT2D eigenvalue weighted by Crippen LogP contribution is 2.32. The van der Waals surface area contributed by atoms with E-state index in [1.54, 1.807) is 55.6 Å². The van der Waals surface area contributed by atoms with Gasteiger partial charge in [0.1, 0.15) is 11.4 Å². The van der Waals surface area contributed by atoms with E-state index < -0.39 is 5.91 Å². The second kappa shape index (κ2) is 10.6. The summed E-state index contributed by atoms with van der Waals surface area (Å²) >= 11 is 0. The van der Waals surface area contributed by atoms with Crippen molar-refractivity contribution in [2.24, 2.45) is 0 Å². The molecule has 32 heavy (non-hydrogen) atoms. The third kappa shape index (κ3) is 5.33. The molecule has 8 heteroatoms. The van der Waals surface area contributed by atoms with E-state index in [0.717, 1.165) is 0 Å². The van der Waals surface area contributed by atoms with Gasteiger partial charge in [-0.1, -0.05) is 18.2 Å². The number of rotatable bonds is 10. The number of methoxy groups -OCH3 is 1. The quantitative estimate of drug-likeness (QED) is 0.437. The zero-order valence-corrected chi connectivity index (χ0v) is 18.4. The van der Waals surface area contributed by atoms with Crippen molar-refractivity contribution < 1.29 is 23.9 Å². The molecule has 0 saturated heterocycles. The summed E-state index contributed by atoms with van der Waals surface area (Å²) in [6.07, 6.45) is 0.548. The highest BCUT2D eigenvalue weighted by molar-refractivity contribution is 6.36. The van der Waals surface area contributed by atoms with Gasteiger partial charge in [-0.25, -0.2) is 0 Å². The monoisotopic (exact) mass is 437 g/mol. The van der Waals surface area contributed by atoms with Gasteiger partial charge in [-0.2, -0.15) is 0 Å². The predicted molar refractivity (Wildman–Crippen MR) is 122 cm³/mol. The maximum Gasteiger partial charge on any atom is 0.278 e. The SMILES string of the molecule is CCOCCCN1C(=O)C(Nc2cccc(OC)c2)=C(c2ccc(NC(C)=O)cc2)C1=O. The molecule has 0 saturated carbocycles. The lowest BCUT2D eigenvalue weighted by Crippen LogP contribution is -2.34. The van der Waals surface area contributed by atoms with Crippen LogP contribution in [0, 0.1) is 0 Å². The minimum atomic E-state index is -0.393. The van der Waals surface area contributed by atoms with Crippen molar-refractivity contribution in [2.45, 2.75) is 20.3 Å². The average molecular weight is 437 g/mol. The minimum Gasteiger partial charge on any atom is -0.497 e. The van der Waals surface area contributed by atoms with Gasteiger partial charge in [-0.05, 0) is 43.2 Å². The summed E-state index contributed by atoms with van der Waals surface area (Å²) in [6.45, 7) is 4.62. The number of imide groups is 1. The maximum absolute atomic E-state index is 13.2. The molecule has 0 bridgehead atoms. The number of carbonyl (C=O) groups excluding carboxylic acids is 3. The number of ether oxygens (including phenoxy) is 2. The number of benzene rings is 2.